The molecule has 1 N–H and O–H groups in total. The summed E-state index contributed by atoms with van der Waals surface area (Å²) in [5, 5.41) is 0.128. The fraction of sp³-hybridized carbons (Fsp3) is 0.480. The molecule has 35 heavy (non-hydrogen) atoms. The summed E-state index contributed by atoms with van der Waals surface area (Å²) < 4.78 is 42.6. The van der Waals surface area contributed by atoms with Crippen molar-refractivity contribution < 1.29 is 23.0 Å². The van der Waals surface area contributed by atoms with Crippen LogP contribution in [0.3, 0.4) is 0 Å². The van der Waals surface area contributed by atoms with Crippen LogP contribution >= 0.6 is 35.3 Å². The van der Waals surface area contributed by atoms with Gasteiger partial charge in [-0.1, -0.05) is 11.6 Å². The van der Waals surface area contributed by atoms with Gasteiger partial charge in [0.15, 0.2) is 11.6 Å². The van der Waals surface area contributed by atoms with Gasteiger partial charge in [-0.3, -0.25) is 9.52 Å². The Morgan fingerprint density at radius 1 is 1.23 bits per heavy atom. The SMILES string of the molecule is CN(C)CCC(CSc1ccc(F)cc1)Oc1c(F)cc(SNC(=O)C2(C)CCCCO2)cc1Cl. The molecular weight excluding hydrogens is 514 g/mol. The summed E-state index contributed by atoms with van der Waals surface area (Å²) in [5.41, 5.74) is -0.876. The van der Waals surface area contributed by atoms with Crippen LogP contribution in [0.5, 0.6) is 5.75 Å². The zero-order valence-electron chi connectivity index (χ0n) is 20.1. The third-order valence-electron chi connectivity index (χ3n) is 5.61. The zero-order valence-corrected chi connectivity index (χ0v) is 22.5. The number of nitrogens with one attached hydrogen (secondary N) is 1. The van der Waals surface area contributed by atoms with E-state index in [4.69, 9.17) is 21.1 Å². The number of carbonyl (C=O) groups is 1. The van der Waals surface area contributed by atoms with Crippen molar-refractivity contribution in [3.63, 3.8) is 0 Å². The Labute approximate surface area is 219 Å². The lowest BCUT2D eigenvalue weighted by atomic mass is 9.95. The van der Waals surface area contributed by atoms with Crippen molar-refractivity contribution in [3.8, 4) is 5.75 Å². The van der Waals surface area contributed by atoms with Crippen LogP contribution in [0.15, 0.2) is 46.2 Å². The number of amides is 1. The Hall–Kier alpha value is -1.52. The lowest BCUT2D eigenvalue weighted by Crippen LogP contribution is -2.46. The van der Waals surface area contributed by atoms with Crippen LogP contribution in [-0.2, 0) is 9.53 Å². The van der Waals surface area contributed by atoms with Crippen LogP contribution in [0.25, 0.3) is 0 Å². The summed E-state index contributed by atoms with van der Waals surface area (Å²) in [5.74, 6) is -0.622. The fourth-order valence-electron chi connectivity index (χ4n) is 3.50. The van der Waals surface area contributed by atoms with Gasteiger partial charge in [-0.25, -0.2) is 8.78 Å². The third-order valence-corrected chi connectivity index (χ3v) is 7.80. The van der Waals surface area contributed by atoms with E-state index in [1.54, 1.807) is 25.1 Å². The van der Waals surface area contributed by atoms with E-state index in [1.165, 1.54) is 30.0 Å². The van der Waals surface area contributed by atoms with Crippen LogP contribution in [0.1, 0.15) is 32.6 Å². The monoisotopic (exact) mass is 544 g/mol. The first-order valence-electron chi connectivity index (χ1n) is 11.5. The van der Waals surface area contributed by atoms with E-state index in [1.807, 2.05) is 19.0 Å². The molecule has 3 rings (SSSR count). The summed E-state index contributed by atoms with van der Waals surface area (Å²) in [6, 6.07) is 9.09. The Balaban J connectivity index is 1.64. The van der Waals surface area contributed by atoms with Crippen LogP contribution < -0.4 is 9.46 Å². The van der Waals surface area contributed by atoms with E-state index in [-0.39, 0.29) is 28.6 Å². The predicted molar refractivity (Wildman–Crippen MR) is 138 cm³/mol. The summed E-state index contributed by atoms with van der Waals surface area (Å²) >= 11 is 8.90. The molecule has 0 spiro atoms. The number of benzene rings is 2. The number of ether oxygens (including phenoxy) is 2. The van der Waals surface area contributed by atoms with Crippen LogP contribution in [0.4, 0.5) is 8.78 Å². The first kappa shape index (κ1) is 28.1. The van der Waals surface area contributed by atoms with Crippen molar-refractivity contribution in [2.24, 2.45) is 0 Å². The number of hydrogen-bond acceptors (Lipinski definition) is 6. The first-order valence-corrected chi connectivity index (χ1v) is 13.6. The van der Waals surface area contributed by atoms with E-state index in [0.717, 1.165) is 36.2 Å². The maximum atomic E-state index is 15.0. The maximum Gasteiger partial charge on any atom is 0.262 e. The fourth-order valence-corrected chi connectivity index (χ4v) is 5.52. The molecule has 1 aliphatic rings. The Morgan fingerprint density at radius 3 is 2.60 bits per heavy atom. The maximum absolute atomic E-state index is 15.0. The van der Waals surface area contributed by atoms with Gasteiger partial charge in [0.05, 0.1) is 5.02 Å². The molecule has 0 bridgehead atoms. The smallest absolute Gasteiger partial charge is 0.262 e. The van der Waals surface area contributed by atoms with Crippen molar-refractivity contribution in [2.45, 2.75) is 54.1 Å². The third kappa shape index (κ3) is 8.53. The average molecular weight is 545 g/mol. The molecule has 2 unspecified atom stereocenters. The molecule has 0 aromatic heterocycles. The summed E-state index contributed by atoms with van der Waals surface area (Å²) in [4.78, 5) is 16.0. The molecule has 1 amide bonds. The first-order chi connectivity index (χ1) is 16.7. The van der Waals surface area contributed by atoms with Gasteiger partial charge < -0.3 is 14.4 Å². The van der Waals surface area contributed by atoms with Gasteiger partial charge in [0.1, 0.15) is 17.5 Å². The molecule has 0 aliphatic carbocycles. The summed E-state index contributed by atoms with van der Waals surface area (Å²) in [6.07, 6.45) is 2.85. The second-order valence-corrected chi connectivity index (χ2v) is 11.3. The van der Waals surface area contributed by atoms with Crippen molar-refractivity contribution >= 4 is 41.2 Å². The van der Waals surface area contributed by atoms with Gasteiger partial charge in [-0.15, -0.1) is 11.8 Å². The minimum absolute atomic E-state index is 0.0200. The van der Waals surface area contributed by atoms with E-state index in [0.29, 0.717) is 30.1 Å². The van der Waals surface area contributed by atoms with E-state index in [9.17, 15) is 9.18 Å². The molecule has 192 valence electrons. The highest BCUT2D eigenvalue weighted by atomic mass is 35.5. The van der Waals surface area contributed by atoms with Crippen LogP contribution in [-0.4, -0.2) is 55.5 Å². The van der Waals surface area contributed by atoms with Crippen molar-refractivity contribution in [1.82, 2.24) is 9.62 Å². The topological polar surface area (TPSA) is 50.8 Å². The summed E-state index contributed by atoms with van der Waals surface area (Å²) in [7, 11) is 3.91. The molecule has 2 aromatic carbocycles. The molecular formula is C25H31ClF2N2O3S2. The number of carbonyl (C=O) groups excluding carboxylic acids is 1. The minimum atomic E-state index is -0.876. The normalized spacial score (nSPS) is 18.9. The molecule has 10 heteroatoms. The van der Waals surface area contributed by atoms with E-state index in [2.05, 4.69) is 4.72 Å². The minimum Gasteiger partial charge on any atom is -0.485 e. The van der Waals surface area contributed by atoms with Gasteiger partial charge in [-0.2, -0.15) is 0 Å². The highest BCUT2D eigenvalue weighted by Crippen LogP contribution is 2.35. The Kier molecular flexibility index (Phi) is 10.5. The molecule has 5 nitrogen and oxygen atoms in total. The second-order valence-electron chi connectivity index (χ2n) is 8.88. The summed E-state index contributed by atoms with van der Waals surface area (Å²) in [6.45, 7) is 3.06. The average Bonchev–Trinajstić information content (AvgIpc) is 2.82. The number of thioether (sulfide) groups is 1. The van der Waals surface area contributed by atoms with Gasteiger partial charge in [-0.05, 0) is 95.0 Å². The molecule has 1 fully saturated rings. The highest BCUT2D eigenvalue weighted by molar-refractivity contribution is 7.99. The molecule has 0 saturated carbocycles. The Bertz CT molecular complexity index is 966. The highest BCUT2D eigenvalue weighted by Gasteiger charge is 2.36. The lowest BCUT2D eigenvalue weighted by molar-refractivity contribution is -0.148. The van der Waals surface area contributed by atoms with Gasteiger partial charge in [0.2, 0.25) is 0 Å². The predicted octanol–water partition coefficient (Wildman–Crippen LogP) is 6.19. The lowest BCUT2D eigenvalue weighted by Gasteiger charge is -2.32. The molecule has 1 saturated heterocycles. The van der Waals surface area contributed by atoms with E-state index < -0.39 is 11.4 Å². The Morgan fingerprint density at radius 2 is 1.97 bits per heavy atom. The molecule has 0 radical (unpaired) electrons. The largest absolute Gasteiger partial charge is 0.485 e. The van der Waals surface area contributed by atoms with E-state index >= 15 is 4.39 Å². The van der Waals surface area contributed by atoms with Crippen molar-refractivity contribution in [1.29, 1.82) is 0 Å². The number of rotatable bonds is 11. The number of halogens is 3. The quantitative estimate of drug-likeness (QED) is 0.269. The molecule has 2 atom stereocenters. The van der Waals surface area contributed by atoms with Crippen molar-refractivity contribution in [2.75, 3.05) is 33.0 Å². The van der Waals surface area contributed by atoms with Crippen molar-refractivity contribution in [3.05, 3.63) is 53.1 Å². The van der Waals surface area contributed by atoms with Crippen LogP contribution in [0, 0.1) is 11.6 Å². The zero-order chi connectivity index (χ0) is 25.4. The molecule has 1 heterocycles. The van der Waals surface area contributed by atoms with Gasteiger partial charge >= 0.3 is 0 Å². The van der Waals surface area contributed by atoms with Gasteiger partial charge in [0.25, 0.3) is 5.91 Å². The molecule has 1 aliphatic heterocycles. The molecule has 2 aromatic rings. The second kappa shape index (κ2) is 13.1. The number of hydrogen-bond donors (Lipinski definition) is 1. The standard InChI is InChI=1S/C25H31ClF2N2O3S2/c1-25(11-4-5-13-32-25)24(31)29-35-20-14-21(26)23(22(28)15-20)33-18(10-12-30(2)3)16-34-19-8-6-17(27)7-9-19/h6-9,14-15,18H,4-5,10-13,16H2,1-3H3,(H,29,31). The van der Waals surface area contributed by atoms with Gasteiger partial charge in [0, 0.05) is 28.7 Å². The number of nitrogens with zero attached hydrogens (tertiary/aromatic N) is 1. The van der Waals surface area contributed by atoms with Crippen LogP contribution in [0.2, 0.25) is 5.02 Å².